The smallest absolute Gasteiger partial charge is 0.127 e. The number of rotatable bonds is 5. The number of benzene rings is 1. The number of methoxy groups -OCH3 is 2. The van der Waals surface area contributed by atoms with Gasteiger partial charge in [0.15, 0.2) is 0 Å². The second kappa shape index (κ2) is 7.44. The van der Waals surface area contributed by atoms with Crippen LogP contribution in [-0.2, 0) is 0 Å². The van der Waals surface area contributed by atoms with Gasteiger partial charge in [-0.15, -0.1) is 0 Å². The number of hydrogen-bond acceptors (Lipinski definition) is 5. The summed E-state index contributed by atoms with van der Waals surface area (Å²) in [6.45, 7) is 3.93. The van der Waals surface area contributed by atoms with Crippen LogP contribution < -0.4 is 14.8 Å². The lowest BCUT2D eigenvalue weighted by Gasteiger charge is -2.36. The average molecular weight is 313 g/mol. The normalized spacial score (nSPS) is 16.8. The van der Waals surface area contributed by atoms with Crippen molar-refractivity contribution in [1.82, 2.24) is 15.2 Å². The molecule has 1 aliphatic rings. The Morgan fingerprint density at radius 2 is 1.61 bits per heavy atom. The molecule has 2 aromatic rings. The van der Waals surface area contributed by atoms with E-state index in [0.29, 0.717) is 0 Å². The Bertz CT molecular complexity index is 605. The van der Waals surface area contributed by atoms with Gasteiger partial charge in [-0.1, -0.05) is 6.07 Å². The van der Waals surface area contributed by atoms with E-state index in [0.717, 1.165) is 43.2 Å². The van der Waals surface area contributed by atoms with Gasteiger partial charge < -0.3 is 14.8 Å². The molecule has 23 heavy (non-hydrogen) atoms. The lowest BCUT2D eigenvalue weighted by molar-refractivity contribution is 0.192. The number of nitrogens with one attached hydrogen (secondary N) is 1. The van der Waals surface area contributed by atoms with Crippen LogP contribution in [0.15, 0.2) is 42.7 Å². The molecule has 5 nitrogen and oxygen atoms in total. The molecule has 1 fully saturated rings. The monoisotopic (exact) mass is 313 g/mol. The van der Waals surface area contributed by atoms with E-state index in [4.69, 9.17) is 9.47 Å². The minimum atomic E-state index is 0.0891. The highest BCUT2D eigenvalue weighted by Crippen LogP contribution is 2.40. The number of nitrogens with zero attached hydrogens (tertiary/aromatic N) is 2. The molecule has 0 saturated carbocycles. The summed E-state index contributed by atoms with van der Waals surface area (Å²) in [6.07, 6.45) is 3.68. The first kappa shape index (κ1) is 15.8. The SMILES string of the molecule is COc1cccc(OC)c1C(c1ccncc1)N1CCNCC1. The van der Waals surface area contributed by atoms with E-state index < -0.39 is 0 Å². The van der Waals surface area contributed by atoms with E-state index in [2.05, 4.69) is 27.3 Å². The lowest BCUT2D eigenvalue weighted by Crippen LogP contribution is -2.45. The van der Waals surface area contributed by atoms with E-state index in [9.17, 15) is 0 Å². The highest BCUT2D eigenvalue weighted by molar-refractivity contribution is 5.50. The molecular weight excluding hydrogens is 290 g/mol. The molecule has 5 heteroatoms. The summed E-state index contributed by atoms with van der Waals surface area (Å²) < 4.78 is 11.3. The van der Waals surface area contributed by atoms with Crippen LogP contribution in [0.3, 0.4) is 0 Å². The molecular formula is C18H23N3O2. The fourth-order valence-electron chi connectivity index (χ4n) is 3.20. The molecule has 1 aromatic carbocycles. The van der Waals surface area contributed by atoms with E-state index in [-0.39, 0.29) is 6.04 Å². The van der Waals surface area contributed by atoms with Gasteiger partial charge in [-0.05, 0) is 29.8 Å². The number of aromatic nitrogens is 1. The summed E-state index contributed by atoms with van der Waals surface area (Å²) in [7, 11) is 3.42. The molecule has 3 rings (SSSR count). The van der Waals surface area contributed by atoms with Crippen LogP contribution in [0.5, 0.6) is 11.5 Å². The topological polar surface area (TPSA) is 46.6 Å². The Kier molecular flexibility index (Phi) is 5.10. The fraction of sp³-hybridized carbons (Fsp3) is 0.389. The second-order valence-corrected chi connectivity index (χ2v) is 5.55. The first-order valence-electron chi connectivity index (χ1n) is 7.90. The molecule has 1 aliphatic heterocycles. The summed E-state index contributed by atoms with van der Waals surface area (Å²) in [5.74, 6) is 1.70. The number of hydrogen-bond donors (Lipinski definition) is 1. The first-order valence-corrected chi connectivity index (χ1v) is 7.90. The van der Waals surface area contributed by atoms with E-state index in [1.807, 2.05) is 30.6 Å². The van der Waals surface area contributed by atoms with Crippen molar-refractivity contribution in [3.05, 3.63) is 53.9 Å². The Labute approximate surface area is 137 Å². The van der Waals surface area contributed by atoms with Crippen LogP contribution in [0.1, 0.15) is 17.2 Å². The largest absolute Gasteiger partial charge is 0.496 e. The van der Waals surface area contributed by atoms with Crippen molar-refractivity contribution in [3.8, 4) is 11.5 Å². The number of pyridine rings is 1. The molecule has 0 amide bonds. The van der Waals surface area contributed by atoms with Gasteiger partial charge in [0.2, 0.25) is 0 Å². The quantitative estimate of drug-likeness (QED) is 0.916. The maximum absolute atomic E-state index is 5.64. The molecule has 1 aromatic heterocycles. The molecule has 1 N–H and O–H groups in total. The molecule has 1 saturated heterocycles. The first-order chi connectivity index (χ1) is 11.3. The maximum atomic E-state index is 5.64. The van der Waals surface area contributed by atoms with Crippen molar-refractivity contribution in [2.45, 2.75) is 6.04 Å². The summed E-state index contributed by atoms with van der Waals surface area (Å²) in [5.41, 5.74) is 2.27. The summed E-state index contributed by atoms with van der Waals surface area (Å²) in [4.78, 5) is 6.62. The second-order valence-electron chi connectivity index (χ2n) is 5.55. The van der Waals surface area contributed by atoms with Crippen molar-refractivity contribution in [3.63, 3.8) is 0 Å². The summed E-state index contributed by atoms with van der Waals surface area (Å²) in [5, 5.41) is 3.41. The molecule has 0 radical (unpaired) electrons. The van der Waals surface area contributed by atoms with Gasteiger partial charge in [0.25, 0.3) is 0 Å². The van der Waals surface area contributed by atoms with Crippen LogP contribution >= 0.6 is 0 Å². The van der Waals surface area contributed by atoms with Gasteiger partial charge in [-0.3, -0.25) is 9.88 Å². The summed E-state index contributed by atoms with van der Waals surface area (Å²) in [6, 6.07) is 10.2. The highest BCUT2D eigenvalue weighted by Gasteiger charge is 2.29. The zero-order valence-electron chi connectivity index (χ0n) is 13.7. The van der Waals surface area contributed by atoms with Gasteiger partial charge in [0.1, 0.15) is 11.5 Å². The predicted octanol–water partition coefficient (Wildman–Crippen LogP) is 2.09. The summed E-state index contributed by atoms with van der Waals surface area (Å²) >= 11 is 0. The average Bonchev–Trinajstić information content (AvgIpc) is 2.64. The molecule has 0 aliphatic carbocycles. The standard InChI is InChI=1S/C18H23N3O2/c1-22-15-4-3-5-16(23-2)17(15)18(14-6-8-19-9-7-14)21-12-10-20-11-13-21/h3-9,18,20H,10-13H2,1-2H3. The van der Waals surface area contributed by atoms with Crippen molar-refractivity contribution < 1.29 is 9.47 Å². The Balaban J connectivity index is 2.12. The minimum absolute atomic E-state index is 0.0891. The highest BCUT2D eigenvalue weighted by atomic mass is 16.5. The lowest BCUT2D eigenvalue weighted by atomic mass is 9.95. The van der Waals surface area contributed by atoms with Gasteiger partial charge in [-0.2, -0.15) is 0 Å². The third-order valence-electron chi connectivity index (χ3n) is 4.28. The molecule has 122 valence electrons. The van der Waals surface area contributed by atoms with Gasteiger partial charge in [0.05, 0.1) is 25.8 Å². The van der Waals surface area contributed by atoms with Crippen LogP contribution in [0.2, 0.25) is 0 Å². The van der Waals surface area contributed by atoms with Crippen molar-refractivity contribution in [2.75, 3.05) is 40.4 Å². The molecule has 0 bridgehead atoms. The van der Waals surface area contributed by atoms with E-state index >= 15 is 0 Å². The molecule has 0 spiro atoms. The van der Waals surface area contributed by atoms with Gasteiger partial charge in [-0.25, -0.2) is 0 Å². The number of piperazine rings is 1. The van der Waals surface area contributed by atoms with Crippen molar-refractivity contribution in [1.29, 1.82) is 0 Å². The minimum Gasteiger partial charge on any atom is -0.496 e. The maximum Gasteiger partial charge on any atom is 0.127 e. The van der Waals surface area contributed by atoms with Crippen LogP contribution in [0.25, 0.3) is 0 Å². The van der Waals surface area contributed by atoms with E-state index in [1.54, 1.807) is 14.2 Å². The Hall–Kier alpha value is -2.11. The van der Waals surface area contributed by atoms with Crippen molar-refractivity contribution >= 4 is 0 Å². The predicted molar refractivity (Wildman–Crippen MR) is 90.1 cm³/mol. The van der Waals surface area contributed by atoms with Crippen LogP contribution in [0.4, 0.5) is 0 Å². The Morgan fingerprint density at radius 1 is 1.00 bits per heavy atom. The van der Waals surface area contributed by atoms with Gasteiger partial charge >= 0.3 is 0 Å². The third kappa shape index (κ3) is 3.30. The van der Waals surface area contributed by atoms with Crippen LogP contribution in [-0.4, -0.2) is 50.3 Å². The molecule has 1 unspecified atom stereocenters. The zero-order valence-corrected chi connectivity index (χ0v) is 13.7. The fourth-order valence-corrected chi connectivity index (χ4v) is 3.20. The van der Waals surface area contributed by atoms with Crippen LogP contribution in [0, 0.1) is 0 Å². The zero-order chi connectivity index (χ0) is 16.1. The molecule has 1 atom stereocenters. The van der Waals surface area contributed by atoms with Gasteiger partial charge in [0, 0.05) is 38.6 Å². The van der Waals surface area contributed by atoms with Crippen molar-refractivity contribution in [2.24, 2.45) is 0 Å². The number of ether oxygens (including phenoxy) is 2. The van der Waals surface area contributed by atoms with E-state index in [1.165, 1.54) is 5.56 Å². The molecule has 2 heterocycles. The Morgan fingerprint density at radius 3 is 2.17 bits per heavy atom. The third-order valence-corrected chi connectivity index (χ3v) is 4.28.